The minimum atomic E-state index is -0.827. The Morgan fingerprint density at radius 3 is 2.81 bits per heavy atom. The van der Waals surface area contributed by atoms with E-state index >= 15 is 0 Å². The SMILES string of the molecule is CC(C)(C(=O)O)C1CCCN(C(=O)C(N)c2cccs2)C1. The molecule has 2 unspecified atom stereocenters. The molecular formula is C15H22N2O3S. The highest BCUT2D eigenvalue weighted by Gasteiger charge is 2.40. The summed E-state index contributed by atoms with van der Waals surface area (Å²) in [5.41, 5.74) is 5.20. The topological polar surface area (TPSA) is 83.6 Å². The number of hydrogen-bond donors (Lipinski definition) is 2. The number of carboxylic acids is 1. The van der Waals surface area contributed by atoms with Crippen LogP contribution in [0.5, 0.6) is 0 Å². The van der Waals surface area contributed by atoms with Gasteiger partial charge in [-0.3, -0.25) is 9.59 Å². The Morgan fingerprint density at radius 1 is 1.52 bits per heavy atom. The maximum atomic E-state index is 12.5. The summed E-state index contributed by atoms with van der Waals surface area (Å²) < 4.78 is 0. The van der Waals surface area contributed by atoms with Gasteiger partial charge < -0.3 is 15.7 Å². The van der Waals surface area contributed by atoms with Crippen molar-refractivity contribution < 1.29 is 14.7 Å². The molecule has 2 heterocycles. The lowest BCUT2D eigenvalue weighted by atomic mass is 9.74. The fourth-order valence-electron chi connectivity index (χ4n) is 2.73. The van der Waals surface area contributed by atoms with Gasteiger partial charge in [0.25, 0.3) is 0 Å². The lowest BCUT2D eigenvalue weighted by Crippen LogP contribution is -2.49. The highest BCUT2D eigenvalue weighted by molar-refractivity contribution is 7.10. The summed E-state index contributed by atoms with van der Waals surface area (Å²) in [4.78, 5) is 26.5. The van der Waals surface area contributed by atoms with Crippen LogP contribution in [0.1, 0.15) is 37.6 Å². The van der Waals surface area contributed by atoms with Gasteiger partial charge in [-0.05, 0) is 44.1 Å². The van der Waals surface area contributed by atoms with E-state index in [4.69, 9.17) is 5.73 Å². The second-order valence-corrected chi connectivity index (χ2v) is 7.12. The molecular weight excluding hydrogens is 288 g/mol. The Labute approximate surface area is 128 Å². The van der Waals surface area contributed by atoms with Gasteiger partial charge in [0.2, 0.25) is 5.91 Å². The number of nitrogens with zero attached hydrogens (tertiary/aromatic N) is 1. The molecule has 1 fully saturated rings. The lowest BCUT2D eigenvalue weighted by molar-refractivity contribution is -0.153. The highest BCUT2D eigenvalue weighted by Crippen LogP contribution is 2.35. The van der Waals surface area contributed by atoms with Crippen LogP contribution in [-0.4, -0.2) is 35.0 Å². The van der Waals surface area contributed by atoms with Crippen molar-refractivity contribution in [1.29, 1.82) is 0 Å². The van der Waals surface area contributed by atoms with Crippen LogP contribution in [0.3, 0.4) is 0 Å². The molecule has 1 aliphatic rings. The van der Waals surface area contributed by atoms with Gasteiger partial charge in [-0.15, -0.1) is 11.3 Å². The predicted octanol–water partition coefficient (Wildman–Crippen LogP) is 2.10. The second kappa shape index (κ2) is 6.15. The van der Waals surface area contributed by atoms with Crippen LogP contribution < -0.4 is 5.73 Å². The van der Waals surface area contributed by atoms with E-state index in [0.29, 0.717) is 13.1 Å². The molecule has 6 heteroatoms. The Kier molecular flexibility index (Phi) is 4.68. The third-order valence-corrected chi connectivity index (χ3v) is 5.38. The molecule has 0 saturated carbocycles. The van der Waals surface area contributed by atoms with E-state index in [2.05, 4.69) is 0 Å². The van der Waals surface area contributed by atoms with Gasteiger partial charge in [-0.2, -0.15) is 0 Å². The molecule has 116 valence electrons. The summed E-state index contributed by atoms with van der Waals surface area (Å²) in [6.45, 7) is 4.58. The number of likely N-dealkylation sites (tertiary alicyclic amines) is 1. The molecule has 5 nitrogen and oxygen atoms in total. The standard InChI is InChI=1S/C15H22N2O3S/c1-15(2,14(19)20)10-5-3-7-17(9-10)13(18)12(16)11-6-4-8-21-11/h4,6,8,10,12H,3,5,7,9,16H2,1-2H3,(H,19,20). The van der Waals surface area contributed by atoms with Crippen LogP contribution in [0.15, 0.2) is 17.5 Å². The largest absolute Gasteiger partial charge is 0.481 e. The molecule has 0 bridgehead atoms. The van der Waals surface area contributed by atoms with Crippen LogP contribution in [0, 0.1) is 11.3 Å². The number of nitrogens with two attached hydrogens (primary N) is 1. The quantitative estimate of drug-likeness (QED) is 0.892. The van der Waals surface area contributed by atoms with Gasteiger partial charge >= 0.3 is 5.97 Å². The summed E-state index contributed by atoms with van der Waals surface area (Å²) in [6.07, 6.45) is 1.65. The summed E-state index contributed by atoms with van der Waals surface area (Å²) in [7, 11) is 0. The Morgan fingerprint density at radius 2 is 2.24 bits per heavy atom. The number of carbonyl (C=O) groups excluding carboxylic acids is 1. The molecule has 0 aliphatic carbocycles. The number of piperidine rings is 1. The van der Waals surface area contributed by atoms with Gasteiger partial charge in [0.05, 0.1) is 5.41 Å². The zero-order valence-corrected chi connectivity index (χ0v) is 13.2. The summed E-state index contributed by atoms with van der Waals surface area (Å²) in [5.74, 6) is -0.962. The van der Waals surface area contributed by atoms with Gasteiger partial charge in [0.15, 0.2) is 0 Å². The summed E-state index contributed by atoms with van der Waals surface area (Å²) in [5, 5.41) is 11.2. The minimum absolute atomic E-state index is 0.0387. The first-order valence-corrected chi connectivity index (χ1v) is 8.03. The number of amides is 1. The number of aliphatic carboxylic acids is 1. The lowest BCUT2D eigenvalue weighted by Gasteiger charge is -2.39. The van der Waals surface area contributed by atoms with Crippen LogP contribution >= 0.6 is 11.3 Å². The molecule has 21 heavy (non-hydrogen) atoms. The molecule has 1 aromatic heterocycles. The van der Waals surface area contributed by atoms with Crippen LogP contribution in [-0.2, 0) is 9.59 Å². The van der Waals surface area contributed by atoms with Crippen LogP contribution in [0.4, 0.5) is 0 Å². The van der Waals surface area contributed by atoms with Gasteiger partial charge in [-0.25, -0.2) is 0 Å². The molecule has 0 radical (unpaired) electrons. The molecule has 1 aliphatic heterocycles. The monoisotopic (exact) mass is 310 g/mol. The minimum Gasteiger partial charge on any atom is -0.481 e. The van der Waals surface area contributed by atoms with Crippen LogP contribution in [0.2, 0.25) is 0 Å². The van der Waals surface area contributed by atoms with E-state index < -0.39 is 17.4 Å². The van der Waals surface area contributed by atoms with Crippen molar-refractivity contribution in [3.63, 3.8) is 0 Å². The summed E-state index contributed by atoms with van der Waals surface area (Å²) in [6, 6.07) is 3.09. The molecule has 0 spiro atoms. The summed E-state index contributed by atoms with van der Waals surface area (Å²) >= 11 is 1.47. The van der Waals surface area contributed by atoms with E-state index in [1.807, 2.05) is 17.5 Å². The average molecular weight is 310 g/mol. The number of hydrogen-bond acceptors (Lipinski definition) is 4. The zero-order valence-electron chi connectivity index (χ0n) is 12.4. The van der Waals surface area contributed by atoms with E-state index in [-0.39, 0.29) is 11.8 Å². The Balaban J connectivity index is 2.07. The molecule has 1 aromatic rings. The van der Waals surface area contributed by atoms with Gasteiger partial charge in [0, 0.05) is 18.0 Å². The molecule has 1 amide bonds. The first kappa shape index (κ1) is 16.0. The first-order chi connectivity index (χ1) is 9.84. The second-order valence-electron chi connectivity index (χ2n) is 6.14. The van der Waals surface area contributed by atoms with Gasteiger partial charge in [0.1, 0.15) is 6.04 Å². The molecule has 2 rings (SSSR count). The number of carboxylic acid groups (broad SMARTS) is 1. The van der Waals surface area contributed by atoms with Crippen molar-refractivity contribution >= 4 is 23.2 Å². The fraction of sp³-hybridized carbons (Fsp3) is 0.600. The zero-order chi connectivity index (χ0) is 15.6. The predicted molar refractivity (Wildman–Crippen MR) is 82.0 cm³/mol. The average Bonchev–Trinajstić information content (AvgIpc) is 2.99. The number of carbonyl (C=O) groups is 2. The van der Waals surface area contributed by atoms with Crippen molar-refractivity contribution in [1.82, 2.24) is 4.90 Å². The van der Waals surface area contributed by atoms with Gasteiger partial charge in [-0.1, -0.05) is 6.07 Å². The maximum absolute atomic E-state index is 12.5. The molecule has 2 atom stereocenters. The number of rotatable bonds is 4. The maximum Gasteiger partial charge on any atom is 0.309 e. The first-order valence-electron chi connectivity index (χ1n) is 7.15. The van der Waals surface area contributed by atoms with Crippen molar-refractivity contribution in [2.45, 2.75) is 32.7 Å². The van der Waals surface area contributed by atoms with E-state index in [0.717, 1.165) is 17.7 Å². The Hall–Kier alpha value is -1.40. The molecule has 1 saturated heterocycles. The normalized spacial score (nSPS) is 21.1. The van der Waals surface area contributed by atoms with E-state index in [9.17, 15) is 14.7 Å². The fourth-order valence-corrected chi connectivity index (χ4v) is 3.45. The van der Waals surface area contributed by atoms with Crippen molar-refractivity contribution in [2.75, 3.05) is 13.1 Å². The van der Waals surface area contributed by atoms with Crippen LogP contribution in [0.25, 0.3) is 0 Å². The van der Waals surface area contributed by atoms with E-state index in [1.165, 1.54) is 11.3 Å². The molecule has 3 N–H and O–H groups in total. The smallest absolute Gasteiger partial charge is 0.309 e. The van der Waals surface area contributed by atoms with E-state index in [1.54, 1.807) is 18.7 Å². The third-order valence-electron chi connectivity index (χ3n) is 4.42. The van der Waals surface area contributed by atoms with Crippen molar-refractivity contribution in [2.24, 2.45) is 17.1 Å². The van der Waals surface area contributed by atoms with Crippen molar-refractivity contribution in [3.8, 4) is 0 Å². The molecule has 0 aromatic carbocycles. The third kappa shape index (κ3) is 3.27. The Bertz CT molecular complexity index is 513. The van der Waals surface area contributed by atoms with Crippen molar-refractivity contribution in [3.05, 3.63) is 22.4 Å². The highest BCUT2D eigenvalue weighted by atomic mass is 32.1. The number of thiophene rings is 1.